The molecular formula is C19H39N5. The van der Waals surface area contributed by atoms with Gasteiger partial charge in [-0.15, -0.1) is 0 Å². The van der Waals surface area contributed by atoms with Crippen LogP contribution in [-0.4, -0.2) is 75.2 Å². The van der Waals surface area contributed by atoms with Gasteiger partial charge in [0.25, 0.3) is 0 Å². The number of hydrogen-bond donors (Lipinski definition) is 2. The number of piperidine rings is 1. The molecule has 2 aliphatic heterocycles. The van der Waals surface area contributed by atoms with Crippen molar-refractivity contribution in [2.45, 2.75) is 51.9 Å². The molecule has 5 nitrogen and oxygen atoms in total. The lowest BCUT2D eigenvalue weighted by Crippen LogP contribution is -2.44. The lowest BCUT2D eigenvalue weighted by molar-refractivity contribution is 0.183. The Labute approximate surface area is 149 Å². The van der Waals surface area contributed by atoms with E-state index in [0.29, 0.717) is 0 Å². The quantitative estimate of drug-likeness (QED) is 0.424. The normalized spacial score (nSPS) is 24.6. The van der Waals surface area contributed by atoms with Gasteiger partial charge in [-0.05, 0) is 70.7 Å². The molecule has 0 bridgehead atoms. The summed E-state index contributed by atoms with van der Waals surface area (Å²) < 4.78 is 0. The number of rotatable bonds is 7. The van der Waals surface area contributed by atoms with E-state index in [1.165, 1.54) is 84.2 Å². The summed E-state index contributed by atoms with van der Waals surface area (Å²) in [6.45, 7) is 11.8. The molecule has 1 atom stereocenters. The summed E-state index contributed by atoms with van der Waals surface area (Å²) in [5, 5.41) is 7.02. The van der Waals surface area contributed by atoms with Crippen molar-refractivity contribution in [3.8, 4) is 0 Å². The molecule has 0 amide bonds. The second-order valence-electron chi connectivity index (χ2n) is 7.39. The number of hydrogen-bond acceptors (Lipinski definition) is 3. The van der Waals surface area contributed by atoms with Crippen molar-refractivity contribution < 1.29 is 0 Å². The maximum absolute atomic E-state index is 4.38. The van der Waals surface area contributed by atoms with Crippen LogP contribution in [0.3, 0.4) is 0 Å². The van der Waals surface area contributed by atoms with Crippen molar-refractivity contribution >= 4 is 5.96 Å². The number of nitrogens with zero attached hydrogens (tertiary/aromatic N) is 3. The summed E-state index contributed by atoms with van der Waals surface area (Å²) in [5.41, 5.74) is 0. The third-order valence-electron chi connectivity index (χ3n) is 5.47. The molecule has 0 spiro atoms. The molecule has 0 radical (unpaired) electrons. The highest BCUT2D eigenvalue weighted by molar-refractivity contribution is 5.79. The Balaban J connectivity index is 1.56. The Morgan fingerprint density at radius 1 is 1.00 bits per heavy atom. The fourth-order valence-electron chi connectivity index (χ4n) is 3.94. The van der Waals surface area contributed by atoms with Crippen LogP contribution < -0.4 is 10.6 Å². The smallest absolute Gasteiger partial charge is 0.190 e. The van der Waals surface area contributed by atoms with Crippen LogP contribution in [0.4, 0.5) is 0 Å². The summed E-state index contributed by atoms with van der Waals surface area (Å²) in [6.07, 6.45) is 9.48. The molecule has 0 aliphatic carbocycles. The van der Waals surface area contributed by atoms with E-state index in [0.717, 1.165) is 25.0 Å². The molecule has 2 heterocycles. The summed E-state index contributed by atoms with van der Waals surface area (Å²) >= 11 is 0. The van der Waals surface area contributed by atoms with Gasteiger partial charge in [0.15, 0.2) is 5.96 Å². The molecule has 2 aliphatic rings. The average Bonchev–Trinajstić information content (AvgIpc) is 2.90. The maximum atomic E-state index is 4.38. The second kappa shape index (κ2) is 11.7. The Bertz CT molecular complexity index is 350. The summed E-state index contributed by atoms with van der Waals surface area (Å²) in [5.74, 6) is 1.73. The van der Waals surface area contributed by atoms with Crippen LogP contribution in [0.15, 0.2) is 4.99 Å². The van der Waals surface area contributed by atoms with Gasteiger partial charge < -0.3 is 20.4 Å². The zero-order valence-electron chi connectivity index (χ0n) is 16.0. The van der Waals surface area contributed by atoms with Crippen molar-refractivity contribution in [3.63, 3.8) is 0 Å². The summed E-state index contributed by atoms with van der Waals surface area (Å²) in [4.78, 5) is 9.57. The predicted octanol–water partition coefficient (Wildman–Crippen LogP) is 2.15. The van der Waals surface area contributed by atoms with E-state index in [4.69, 9.17) is 0 Å². The molecule has 1 unspecified atom stereocenters. The van der Waals surface area contributed by atoms with E-state index in [-0.39, 0.29) is 0 Å². The molecule has 0 aromatic heterocycles. The average molecular weight is 338 g/mol. The summed E-state index contributed by atoms with van der Waals surface area (Å²) in [7, 11) is 1.88. The van der Waals surface area contributed by atoms with Crippen molar-refractivity contribution in [3.05, 3.63) is 0 Å². The lowest BCUT2D eigenvalue weighted by atomic mass is 9.98. The minimum Gasteiger partial charge on any atom is -0.356 e. The van der Waals surface area contributed by atoms with E-state index in [1.807, 2.05) is 7.05 Å². The monoisotopic (exact) mass is 337 g/mol. The second-order valence-corrected chi connectivity index (χ2v) is 7.39. The van der Waals surface area contributed by atoms with Gasteiger partial charge >= 0.3 is 0 Å². The van der Waals surface area contributed by atoms with Gasteiger partial charge in [-0.1, -0.05) is 19.8 Å². The minimum atomic E-state index is 0.759. The van der Waals surface area contributed by atoms with Gasteiger partial charge in [0, 0.05) is 26.7 Å². The first-order valence-electron chi connectivity index (χ1n) is 10.2. The number of aliphatic imine (C=N–C) groups is 1. The van der Waals surface area contributed by atoms with Gasteiger partial charge in [0.2, 0.25) is 0 Å². The molecular weight excluding hydrogens is 298 g/mol. The summed E-state index contributed by atoms with van der Waals surface area (Å²) in [6, 6.07) is 0. The molecule has 0 saturated carbocycles. The molecule has 2 N–H and O–H groups in total. The fraction of sp³-hybridized carbons (Fsp3) is 0.947. The Morgan fingerprint density at radius 2 is 1.75 bits per heavy atom. The van der Waals surface area contributed by atoms with Crippen LogP contribution in [0.25, 0.3) is 0 Å². The van der Waals surface area contributed by atoms with Crippen LogP contribution in [0.1, 0.15) is 51.9 Å². The molecule has 2 fully saturated rings. The van der Waals surface area contributed by atoms with Crippen molar-refractivity contribution in [1.82, 2.24) is 20.4 Å². The molecule has 0 aromatic carbocycles. The largest absolute Gasteiger partial charge is 0.356 e. The highest BCUT2D eigenvalue weighted by Gasteiger charge is 2.18. The van der Waals surface area contributed by atoms with Gasteiger partial charge in [-0.25, -0.2) is 0 Å². The van der Waals surface area contributed by atoms with Gasteiger partial charge in [-0.3, -0.25) is 4.99 Å². The van der Waals surface area contributed by atoms with E-state index in [2.05, 4.69) is 32.3 Å². The van der Waals surface area contributed by atoms with Gasteiger partial charge in [-0.2, -0.15) is 0 Å². The van der Waals surface area contributed by atoms with Crippen LogP contribution in [0.5, 0.6) is 0 Å². The zero-order valence-corrected chi connectivity index (χ0v) is 16.0. The van der Waals surface area contributed by atoms with Crippen LogP contribution in [0, 0.1) is 5.92 Å². The number of likely N-dealkylation sites (tertiary alicyclic amines) is 2. The number of nitrogens with one attached hydrogen (secondary N) is 2. The Hall–Kier alpha value is -0.810. The zero-order chi connectivity index (χ0) is 17.0. The molecule has 0 aromatic rings. The minimum absolute atomic E-state index is 0.759. The van der Waals surface area contributed by atoms with Crippen LogP contribution in [-0.2, 0) is 0 Å². The number of guanidine groups is 1. The van der Waals surface area contributed by atoms with Crippen molar-refractivity contribution in [2.75, 3.05) is 59.4 Å². The first kappa shape index (κ1) is 19.5. The highest BCUT2D eigenvalue weighted by atomic mass is 15.2. The highest BCUT2D eigenvalue weighted by Crippen LogP contribution is 2.15. The Morgan fingerprint density at radius 3 is 2.46 bits per heavy atom. The van der Waals surface area contributed by atoms with Crippen molar-refractivity contribution in [2.24, 2.45) is 10.9 Å². The van der Waals surface area contributed by atoms with Crippen LogP contribution >= 0.6 is 0 Å². The van der Waals surface area contributed by atoms with E-state index in [1.54, 1.807) is 0 Å². The van der Waals surface area contributed by atoms with E-state index < -0.39 is 0 Å². The first-order chi connectivity index (χ1) is 11.8. The predicted molar refractivity (Wildman–Crippen MR) is 104 cm³/mol. The third-order valence-corrected chi connectivity index (χ3v) is 5.47. The van der Waals surface area contributed by atoms with E-state index in [9.17, 15) is 0 Å². The topological polar surface area (TPSA) is 42.9 Å². The lowest BCUT2D eigenvalue weighted by Gasteiger charge is -2.32. The third kappa shape index (κ3) is 7.39. The van der Waals surface area contributed by atoms with Crippen LogP contribution in [0.2, 0.25) is 0 Å². The van der Waals surface area contributed by atoms with E-state index >= 15 is 0 Å². The Kier molecular flexibility index (Phi) is 9.51. The molecule has 24 heavy (non-hydrogen) atoms. The molecule has 2 rings (SSSR count). The maximum Gasteiger partial charge on any atom is 0.190 e. The molecule has 140 valence electrons. The fourth-order valence-corrected chi connectivity index (χ4v) is 3.94. The van der Waals surface area contributed by atoms with Gasteiger partial charge in [0.05, 0.1) is 0 Å². The SMILES string of the molecule is CCN1CCCC(CNC(=NC)NCCCN2CCCCCC2)C1. The molecule has 5 heteroatoms. The first-order valence-corrected chi connectivity index (χ1v) is 10.2. The standard InChI is InChI=1S/C19H39N5/c1-3-23-14-8-10-18(17-23)16-22-19(20-2)21-11-9-15-24-12-6-4-5-7-13-24/h18H,3-17H2,1-2H3,(H2,20,21,22). The van der Waals surface area contributed by atoms with Crippen molar-refractivity contribution in [1.29, 1.82) is 0 Å². The molecule has 2 saturated heterocycles. The van der Waals surface area contributed by atoms with Gasteiger partial charge in [0.1, 0.15) is 0 Å².